The number of rotatable bonds is 8. The quantitative estimate of drug-likeness (QED) is 0.348. The molecule has 9 heteroatoms. The van der Waals surface area contributed by atoms with Crippen molar-refractivity contribution in [2.24, 2.45) is 0 Å². The minimum atomic E-state index is -0.790. The lowest BCUT2D eigenvalue weighted by Gasteiger charge is -2.31. The maximum Gasteiger partial charge on any atom is 0.295 e. The van der Waals surface area contributed by atoms with Crippen LogP contribution >= 0.6 is 0 Å². The summed E-state index contributed by atoms with van der Waals surface area (Å²) in [5.41, 5.74) is 1.05. The van der Waals surface area contributed by atoms with Crippen molar-refractivity contribution in [3.8, 4) is 17.2 Å². The Bertz CT molecular complexity index is 1120. The van der Waals surface area contributed by atoms with E-state index in [9.17, 15) is 14.7 Å². The molecule has 0 aliphatic carbocycles. The monoisotopic (exact) mass is 482 g/mol. The van der Waals surface area contributed by atoms with Crippen LogP contribution in [0.3, 0.4) is 0 Å². The summed E-state index contributed by atoms with van der Waals surface area (Å²) in [7, 11) is 4.58. The largest absolute Gasteiger partial charge is 0.507 e. The fourth-order valence-electron chi connectivity index (χ4n) is 4.48. The lowest BCUT2D eigenvalue weighted by molar-refractivity contribution is -0.140. The number of aliphatic hydroxyl groups excluding tert-OH is 1. The second-order valence-corrected chi connectivity index (χ2v) is 8.29. The van der Waals surface area contributed by atoms with Crippen LogP contribution in [0, 0.1) is 0 Å². The molecule has 1 amide bonds. The van der Waals surface area contributed by atoms with Gasteiger partial charge in [-0.25, -0.2) is 0 Å². The van der Waals surface area contributed by atoms with Crippen LogP contribution in [-0.4, -0.2) is 87.3 Å². The molecule has 2 aliphatic rings. The van der Waals surface area contributed by atoms with Crippen molar-refractivity contribution in [2.45, 2.75) is 6.04 Å². The topological polar surface area (TPSA) is 97.8 Å². The predicted octanol–water partition coefficient (Wildman–Crippen LogP) is 2.47. The number of methoxy groups -OCH3 is 3. The highest BCUT2D eigenvalue weighted by molar-refractivity contribution is 6.46. The maximum absolute atomic E-state index is 13.3. The van der Waals surface area contributed by atoms with Gasteiger partial charge in [-0.15, -0.1) is 0 Å². The molecule has 4 rings (SSSR count). The summed E-state index contributed by atoms with van der Waals surface area (Å²) in [6.07, 6.45) is 0. The normalized spacial score (nSPS) is 20.2. The van der Waals surface area contributed by atoms with Gasteiger partial charge in [0.15, 0.2) is 11.5 Å². The number of hydrogen-bond acceptors (Lipinski definition) is 8. The van der Waals surface area contributed by atoms with Gasteiger partial charge < -0.3 is 29.0 Å². The van der Waals surface area contributed by atoms with Crippen molar-refractivity contribution in [3.63, 3.8) is 0 Å². The van der Waals surface area contributed by atoms with E-state index in [0.717, 1.165) is 13.1 Å². The zero-order valence-corrected chi connectivity index (χ0v) is 20.2. The van der Waals surface area contributed by atoms with Crippen molar-refractivity contribution >= 4 is 17.4 Å². The zero-order valence-electron chi connectivity index (χ0n) is 20.2. The molecule has 2 fully saturated rings. The molecule has 0 spiro atoms. The Hall–Kier alpha value is -3.56. The molecule has 2 aromatic rings. The second kappa shape index (κ2) is 10.8. The van der Waals surface area contributed by atoms with Gasteiger partial charge in [0.05, 0.1) is 46.2 Å². The van der Waals surface area contributed by atoms with E-state index in [1.807, 2.05) is 0 Å². The zero-order chi connectivity index (χ0) is 24.9. The standard InChI is InChI=1S/C26H30N2O7/c1-32-19-6-4-5-18(15-19)24(29)22-23(17-7-8-20(33-2)21(16-17)34-3)28(26(31)25(22)30)10-9-27-11-13-35-14-12-27/h4-8,15-16,23,29H,9-14H2,1-3H3. The molecule has 1 unspecified atom stereocenters. The molecule has 2 aromatic carbocycles. The number of aliphatic hydroxyl groups is 1. The minimum Gasteiger partial charge on any atom is -0.507 e. The number of carbonyl (C=O) groups excluding carboxylic acids is 2. The smallest absolute Gasteiger partial charge is 0.295 e. The summed E-state index contributed by atoms with van der Waals surface area (Å²) >= 11 is 0. The Morgan fingerprint density at radius 2 is 1.71 bits per heavy atom. The molecule has 0 saturated carbocycles. The molecule has 9 nitrogen and oxygen atoms in total. The van der Waals surface area contributed by atoms with E-state index in [0.29, 0.717) is 54.7 Å². The first kappa shape index (κ1) is 24.6. The average Bonchev–Trinajstić information content (AvgIpc) is 3.16. The molecule has 1 N–H and O–H groups in total. The first-order valence-electron chi connectivity index (χ1n) is 11.4. The first-order valence-corrected chi connectivity index (χ1v) is 11.4. The van der Waals surface area contributed by atoms with E-state index in [2.05, 4.69) is 4.90 Å². The lowest BCUT2D eigenvalue weighted by Crippen LogP contribution is -2.42. The summed E-state index contributed by atoms with van der Waals surface area (Å²) in [4.78, 5) is 30.2. The van der Waals surface area contributed by atoms with E-state index in [4.69, 9.17) is 18.9 Å². The van der Waals surface area contributed by atoms with E-state index >= 15 is 0 Å². The number of hydrogen-bond donors (Lipinski definition) is 1. The highest BCUT2D eigenvalue weighted by Gasteiger charge is 2.46. The molecule has 2 heterocycles. The number of likely N-dealkylation sites (tertiary alicyclic amines) is 1. The molecular weight excluding hydrogens is 452 g/mol. The fraction of sp³-hybridized carbons (Fsp3) is 0.385. The molecule has 1 atom stereocenters. The molecule has 2 aliphatic heterocycles. The summed E-state index contributed by atoms with van der Waals surface area (Å²) in [5, 5.41) is 11.3. The van der Waals surface area contributed by atoms with Gasteiger partial charge in [0.1, 0.15) is 11.5 Å². The number of ketones is 1. The van der Waals surface area contributed by atoms with Gasteiger partial charge in [-0.2, -0.15) is 0 Å². The Morgan fingerprint density at radius 3 is 2.40 bits per heavy atom. The average molecular weight is 483 g/mol. The van der Waals surface area contributed by atoms with E-state index < -0.39 is 17.7 Å². The van der Waals surface area contributed by atoms with Crippen LogP contribution in [0.15, 0.2) is 48.0 Å². The van der Waals surface area contributed by atoms with Crippen LogP contribution in [0.25, 0.3) is 5.76 Å². The number of ether oxygens (including phenoxy) is 4. The van der Waals surface area contributed by atoms with Gasteiger partial charge >= 0.3 is 0 Å². The van der Waals surface area contributed by atoms with Crippen LogP contribution in [0.2, 0.25) is 0 Å². The Kier molecular flexibility index (Phi) is 7.57. The van der Waals surface area contributed by atoms with Crippen LogP contribution in [0.5, 0.6) is 17.2 Å². The van der Waals surface area contributed by atoms with Gasteiger partial charge in [0, 0.05) is 31.7 Å². The highest BCUT2D eigenvalue weighted by Crippen LogP contribution is 2.42. The molecule has 35 heavy (non-hydrogen) atoms. The van der Waals surface area contributed by atoms with Crippen molar-refractivity contribution in [3.05, 3.63) is 59.2 Å². The van der Waals surface area contributed by atoms with Crippen molar-refractivity contribution < 1.29 is 33.6 Å². The molecule has 0 radical (unpaired) electrons. The van der Waals surface area contributed by atoms with Crippen molar-refractivity contribution in [1.82, 2.24) is 9.80 Å². The number of nitrogens with zero attached hydrogens (tertiary/aromatic N) is 2. The third-order valence-corrected chi connectivity index (χ3v) is 6.37. The van der Waals surface area contributed by atoms with Gasteiger partial charge in [-0.05, 0) is 29.8 Å². The van der Waals surface area contributed by atoms with Crippen molar-refractivity contribution in [1.29, 1.82) is 0 Å². The predicted molar refractivity (Wildman–Crippen MR) is 129 cm³/mol. The summed E-state index contributed by atoms with van der Waals surface area (Å²) < 4.78 is 21.5. The Morgan fingerprint density at radius 1 is 0.971 bits per heavy atom. The molecule has 2 saturated heterocycles. The van der Waals surface area contributed by atoms with Gasteiger partial charge in [-0.1, -0.05) is 18.2 Å². The number of amides is 1. The van der Waals surface area contributed by atoms with Crippen LogP contribution < -0.4 is 14.2 Å². The summed E-state index contributed by atoms with van der Waals surface area (Å²) in [5.74, 6) is -0.122. The minimum absolute atomic E-state index is 0.0254. The third kappa shape index (κ3) is 4.96. The number of benzene rings is 2. The Balaban J connectivity index is 1.79. The van der Waals surface area contributed by atoms with E-state index in [1.165, 1.54) is 26.2 Å². The number of carbonyl (C=O) groups is 2. The first-order chi connectivity index (χ1) is 17.0. The molecule has 186 valence electrons. The van der Waals surface area contributed by atoms with Crippen LogP contribution in [0.1, 0.15) is 17.2 Å². The summed E-state index contributed by atoms with van der Waals surface area (Å²) in [6.45, 7) is 3.68. The number of Topliss-reactive ketones (excluding diaryl/α,β-unsaturated/α-hetero) is 1. The number of morpholine rings is 1. The molecule has 0 bridgehead atoms. The Labute approximate surface area is 204 Å². The van der Waals surface area contributed by atoms with Gasteiger partial charge in [0.25, 0.3) is 11.7 Å². The molecular formula is C26H30N2O7. The SMILES string of the molecule is COc1cccc(C(O)=C2C(=O)C(=O)N(CCN3CCOCC3)C2c2ccc(OC)c(OC)c2)c1. The van der Waals surface area contributed by atoms with Crippen molar-refractivity contribution in [2.75, 3.05) is 60.7 Å². The van der Waals surface area contributed by atoms with Gasteiger partial charge in [0.2, 0.25) is 0 Å². The van der Waals surface area contributed by atoms with Crippen LogP contribution in [-0.2, 0) is 14.3 Å². The third-order valence-electron chi connectivity index (χ3n) is 6.37. The highest BCUT2D eigenvalue weighted by atomic mass is 16.5. The van der Waals surface area contributed by atoms with E-state index in [-0.39, 0.29) is 11.3 Å². The second-order valence-electron chi connectivity index (χ2n) is 8.29. The van der Waals surface area contributed by atoms with Crippen LogP contribution in [0.4, 0.5) is 0 Å². The molecule has 0 aromatic heterocycles. The van der Waals surface area contributed by atoms with Gasteiger partial charge in [-0.3, -0.25) is 14.5 Å². The summed E-state index contributed by atoms with van der Waals surface area (Å²) in [6, 6.07) is 11.2. The lowest BCUT2D eigenvalue weighted by atomic mass is 9.95. The van der Waals surface area contributed by atoms with E-state index in [1.54, 1.807) is 42.5 Å². The fourth-order valence-corrected chi connectivity index (χ4v) is 4.48. The maximum atomic E-state index is 13.3.